The van der Waals surface area contributed by atoms with Crippen molar-refractivity contribution in [2.45, 2.75) is 26.8 Å². The summed E-state index contributed by atoms with van der Waals surface area (Å²) in [6.07, 6.45) is 1.92. The topological polar surface area (TPSA) is 65.6 Å². The molecule has 0 radical (unpaired) electrons. The first kappa shape index (κ1) is 23.7. The zero-order chi connectivity index (χ0) is 24.9. The van der Waals surface area contributed by atoms with Gasteiger partial charge in [-0.1, -0.05) is 33.3 Å². The van der Waals surface area contributed by atoms with Crippen LogP contribution in [-0.4, -0.2) is 22.2 Å². The predicted molar refractivity (Wildman–Crippen MR) is 143 cm³/mol. The van der Waals surface area contributed by atoms with Crippen LogP contribution < -0.4 is 14.9 Å². The van der Waals surface area contributed by atoms with Gasteiger partial charge in [-0.3, -0.25) is 9.36 Å². The van der Waals surface area contributed by atoms with Crippen molar-refractivity contribution in [1.82, 2.24) is 9.13 Å². The normalized spacial score (nSPS) is 15.8. The Morgan fingerprint density at radius 2 is 1.91 bits per heavy atom. The zero-order valence-electron chi connectivity index (χ0n) is 19.5. The maximum Gasteiger partial charge on any atom is 0.338 e. The molecule has 0 saturated carbocycles. The first-order valence-corrected chi connectivity index (χ1v) is 13.4. The summed E-state index contributed by atoms with van der Waals surface area (Å²) >= 11 is 6.32. The van der Waals surface area contributed by atoms with E-state index in [9.17, 15) is 9.59 Å². The van der Waals surface area contributed by atoms with Gasteiger partial charge in [-0.05, 0) is 74.2 Å². The molecule has 1 aliphatic heterocycles. The van der Waals surface area contributed by atoms with Crippen LogP contribution in [0.25, 0.3) is 11.8 Å². The van der Waals surface area contributed by atoms with Gasteiger partial charge >= 0.3 is 5.97 Å². The molecule has 1 unspecified atom stereocenters. The Labute approximate surface area is 218 Å². The molecule has 1 aliphatic rings. The van der Waals surface area contributed by atoms with Crippen LogP contribution in [-0.2, 0) is 9.53 Å². The van der Waals surface area contributed by atoms with Crippen LogP contribution in [0.5, 0.6) is 0 Å². The smallest absolute Gasteiger partial charge is 0.338 e. The number of thiazole rings is 1. The molecule has 3 aromatic heterocycles. The van der Waals surface area contributed by atoms with Crippen molar-refractivity contribution in [2.75, 3.05) is 7.11 Å². The number of allylic oxidation sites excluding steroid dienone is 1. The van der Waals surface area contributed by atoms with Crippen molar-refractivity contribution < 1.29 is 9.53 Å². The third kappa shape index (κ3) is 4.07. The summed E-state index contributed by atoms with van der Waals surface area (Å²) in [6, 6.07) is 13.5. The lowest BCUT2D eigenvalue weighted by Crippen LogP contribution is -2.39. The monoisotopic (exact) mass is 567 g/mol. The molecule has 0 amide bonds. The van der Waals surface area contributed by atoms with Crippen LogP contribution in [0, 0.1) is 13.8 Å². The van der Waals surface area contributed by atoms with Crippen LogP contribution >= 0.6 is 38.6 Å². The molecule has 0 aliphatic carbocycles. The van der Waals surface area contributed by atoms with Gasteiger partial charge in [0.2, 0.25) is 0 Å². The number of esters is 1. The van der Waals surface area contributed by atoms with Crippen LogP contribution in [0.4, 0.5) is 0 Å². The number of hydrogen-bond donors (Lipinski definition) is 0. The minimum absolute atomic E-state index is 0.172. The maximum atomic E-state index is 13.7. The van der Waals surface area contributed by atoms with E-state index in [1.165, 1.54) is 29.8 Å². The van der Waals surface area contributed by atoms with E-state index in [1.54, 1.807) is 11.5 Å². The van der Waals surface area contributed by atoms with Gasteiger partial charge in [0.05, 0.1) is 22.9 Å². The highest BCUT2D eigenvalue weighted by Crippen LogP contribution is 2.33. The molecule has 0 bridgehead atoms. The quantitative estimate of drug-likeness (QED) is 0.337. The maximum absolute atomic E-state index is 13.7. The van der Waals surface area contributed by atoms with E-state index in [0.717, 1.165) is 32.0 Å². The van der Waals surface area contributed by atoms with Gasteiger partial charge in [0.1, 0.15) is 6.04 Å². The van der Waals surface area contributed by atoms with E-state index in [1.807, 2.05) is 42.6 Å². The number of ether oxygens (including phenoxy) is 1. The van der Waals surface area contributed by atoms with Crippen molar-refractivity contribution in [3.05, 3.63) is 105 Å². The van der Waals surface area contributed by atoms with Crippen molar-refractivity contribution in [1.29, 1.82) is 0 Å². The average Bonchev–Trinajstić information content (AvgIpc) is 3.53. The Morgan fingerprint density at radius 1 is 1.17 bits per heavy atom. The number of hydrogen-bond acceptors (Lipinski definition) is 6. The van der Waals surface area contributed by atoms with Gasteiger partial charge in [-0.15, -0.1) is 11.3 Å². The van der Waals surface area contributed by atoms with Crippen molar-refractivity contribution in [3.63, 3.8) is 0 Å². The standard InChI is InChI=1S/C26H22BrN3O3S2/c1-14-12-17(16(3)29(14)19-9-7-18(27)8-10-19)13-21-24(31)30-23(20-6-5-11-34-20)22(25(32)33-4)15(2)28-26(30)35-21/h5-13,23H,1-4H3. The minimum Gasteiger partial charge on any atom is -0.466 e. The molecule has 0 fully saturated rings. The third-order valence-electron chi connectivity index (χ3n) is 6.08. The number of fused-ring (bicyclic) bond motifs is 1. The molecule has 0 N–H and O–H groups in total. The Kier molecular flexibility index (Phi) is 6.25. The Bertz CT molecular complexity index is 1660. The number of halogens is 1. The highest BCUT2D eigenvalue weighted by molar-refractivity contribution is 9.10. The molecule has 9 heteroatoms. The summed E-state index contributed by atoms with van der Waals surface area (Å²) in [5.41, 5.74) is 4.92. The molecule has 4 heterocycles. The summed E-state index contributed by atoms with van der Waals surface area (Å²) in [4.78, 5) is 32.5. The number of carbonyl (C=O) groups excluding carboxylic acids is 1. The van der Waals surface area contributed by atoms with Gasteiger partial charge in [0.25, 0.3) is 5.56 Å². The molecule has 0 spiro atoms. The lowest BCUT2D eigenvalue weighted by Gasteiger charge is -2.22. The van der Waals surface area contributed by atoms with E-state index in [0.29, 0.717) is 20.6 Å². The highest BCUT2D eigenvalue weighted by atomic mass is 79.9. The van der Waals surface area contributed by atoms with E-state index in [-0.39, 0.29) is 5.56 Å². The summed E-state index contributed by atoms with van der Waals surface area (Å²) in [7, 11) is 1.35. The number of rotatable bonds is 4. The summed E-state index contributed by atoms with van der Waals surface area (Å²) in [5.74, 6) is -0.475. The van der Waals surface area contributed by atoms with Gasteiger partial charge in [0.15, 0.2) is 4.80 Å². The Balaban J connectivity index is 1.69. The van der Waals surface area contributed by atoms with Crippen LogP contribution in [0.3, 0.4) is 0 Å². The summed E-state index contributed by atoms with van der Waals surface area (Å²) in [6.45, 7) is 5.89. The molecule has 178 valence electrons. The number of aryl methyl sites for hydroxylation is 1. The SMILES string of the molecule is COC(=O)C1=C(C)N=c2sc(=Cc3cc(C)n(-c4ccc(Br)cc4)c3C)c(=O)n2C1c1cccs1. The molecule has 5 rings (SSSR count). The lowest BCUT2D eigenvalue weighted by molar-refractivity contribution is -0.136. The molecule has 1 atom stereocenters. The van der Waals surface area contributed by atoms with Crippen LogP contribution in [0.15, 0.2) is 73.4 Å². The summed E-state index contributed by atoms with van der Waals surface area (Å²) < 4.78 is 10.4. The highest BCUT2D eigenvalue weighted by Gasteiger charge is 2.33. The third-order valence-corrected chi connectivity index (χ3v) is 8.52. The number of carbonyl (C=O) groups is 1. The minimum atomic E-state index is -0.559. The van der Waals surface area contributed by atoms with E-state index in [2.05, 4.69) is 50.6 Å². The van der Waals surface area contributed by atoms with E-state index < -0.39 is 12.0 Å². The van der Waals surface area contributed by atoms with E-state index in [4.69, 9.17) is 4.74 Å². The average molecular weight is 569 g/mol. The molecule has 1 aromatic carbocycles. The van der Waals surface area contributed by atoms with E-state index >= 15 is 0 Å². The molecule has 4 aromatic rings. The van der Waals surface area contributed by atoms with Crippen molar-refractivity contribution in [3.8, 4) is 5.69 Å². The molecular weight excluding hydrogens is 546 g/mol. The number of thiophene rings is 1. The Hall–Kier alpha value is -3.01. The number of aromatic nitrogens is 2. The van der Waals surface area contributed by atoms with Gasteiger partial charge in [-0.2, -0.15) is 0 Å². The first-order chi connectivity index (χ1) is 16.8. The zero-order valence-corrected chi connectivity index (χ0v) is 22.8. The fraction of sp³-hybridized carbons (Fsp3) is 0.192. The van der Waals surface area contributed by atoms with Crippen molar-refractivity contribution >= 4 is 50.6 Å². The number of nitrogens with zero attached hydrogens (tertiary/aromatic N) is 3. The van der Waals surface area contributed by atoms with Crippen LogP contribution in [0.2, 0.25) is 0 Å². The Morgan fingerprint density at radius 3 is 2.57 bits per heavy atom. The molecular formula is C26H22BrN3O3S2. The number of methoxy groups -OCH3 is 1. The van der Waals surface area contributed by atoms with Crippen molar-refractivity contribution in [2.24, 2.45) is 4.99 Å². The lowest BCUT2D eigenvalue weighted by atomic mass is 10.0. The fourth-order valence-electron chi connectivity index (χ4n) is 4.47. The molecule has 35 heavy (non-hydrogen) atoms. The second kappa shape index (κ2) is 9.22. The largest absolute Gasteiger partial charge is 0.466 e. The van der Waals surface area contributed by atoms with Gasteiger partial charge in [0, 0.05) is 26.4 Å². The molecule has 6 nitrogen and oxygen atoms in total. The molecule has 0 saturated heterocycles. The van der Waals surface area contributed by atoms with Gasteiger partial charge < -0.3 is 9.30 Å². The fourth-order valence-corrected chi connectivity index (χ4v) is 6.60. The van der Waals surface area contributed by atoms with Gasteiger partial charge in [-0.25, -0.2) is 9.79 Å². The van der Waals surface area contributed by atoms with Crippen LogP contribution in [0.1, 0.15) is 34.8 Å². The predicted octanol–water partition coefficient (Wildman–Crippen LogP) is 4.64. The summed E-state index contributed by atoms with van der Waals surface area (Å²) in [5, 5.41) is 1.94. The second-order valence-electron chi connectivity index (χ2n) is 8.23. The second-order valence-corrected chi connectivity index (χ2v) is 11.1. The first-order valence-electron chi connectivity index (χ1n) is 10.9. The number of benzene rings is 1.